The molecule has 1 heterocycles. The lowest BCUT2D eigenvalue weighted by Crippen LogP contribution is -2.18. The highest BCUT2D eigenvalue weighted by Crippen LogP contribution is 2.33. The molecule has 0 aromatic heterocycles. The maximum Gasteiger partial charge on any atom is 0.416 e. The Morgan fingerprint density at radius 1 is 0.848 bits per heavy atom. The van der Waals surface area contributed by atoms with Gasteiger partial charge >= 0.3 is 6.18 Å². The minimum absolute atomic E-state index is 0.0497. The molecule has 0 aliphatic carbocycles. The lowest BCUT2D eigenvalue weighted by Gasteiger charge is -2.19. The first kappa shape index (κ1) is 22.5. The number of carbonyl (C=O) groups excluding carboxylic acids is 1. The van der Waals surface area contributed by atoms with E-state index < -0.39 is 27.7 Å². The second kappa shape index (κ2) is 8.66. The summed E-state index contributed by atoms with van der Waals surface area (Å²) in [7, 11) is -3.99. The van der Waals surface area contributed by atoms with Crippen molar-refractivity contribution in [2.75, 3.05) is 23.3 Å². The third kappa shape index (κ3) is 5.20. The molecule has 0 unspecified atom stereocenters. The van der Waals surface area contributed by atoms with Gasteiger partial charge in [0.1, 0.15) is 13.2 Å². The average molecular weight is 478 g/mol. The van der Waals surface area contributed by atoms with Crippen LogP contribution in [0.5, 0.6) is 11.5 Å². The summed E-state index contributed by atoms with van der Waals surface area (Å²) in [6.07, 6.45) is -4.48. The summed E-state index contributed by atoms with van der Waals surface area (Å²) in [5.41, 5.74) is -0.437. The second-order valence-electron chi connectivity index (χ2n) is 7.02. The van der Waals surface area contributed by atoms with E-state index in [2.05, 4.69) is 10.0 Å². The number of hydrogen-bond donors (Lipinski definition) is 2. The Balaban J connectivity index is 1.49. The van der Waals surface area contributed by atoms with Crippen LogP contribution >= 0.6 is 0 Å². The molecule has 1 aliphatic heterocycles. The van der Waals surface area contributed by atoms with E-state index in [0.717, 1.165) is 24.3 Å². The summed E-state index contributed by atoms with van der Waals surface area (Å²) in [6, 6.07) is 13.9. The van der Waals surface area contributed by atoms with Crippen molar-refractivity contribution in [3.8, 4) is 11.5 Å². The summed E-state index contributed by atoms with van der Waals surface area (Å²) in [5.74, 6) is 0.145. The number of benzene rings is 3. The van der Waals surface area contributed by atoms with E-state index in [1.54, 1.807) is 0 Å². The monoisotopic (exact) mass is 478 g/mol. The van der Waals surface area contributed by atoms with Crippen LogP contribution in [0.25, 0.3) is 0 Å². The first-order valence-electron chi connectivity index (χ1n) is 9.63. The van der Waals surface area contributed by atoms with E-state index in [1.807, 2.05) is 0 Å². The quantitative estimate of drug-likeness (QED) is 0.562. The molecule has 0 fully saturated rings. The number of rotatable bonds is 5. The molecule has 172 valence electrons. The zero-order valence-electron chi connectivity index (χ0n) is 16.8. The molecule has 4 rings (SSSR count). The number of carbonyl (C=O) groups is 1. The van der Waals surface area contributed by atoms with Gasteiger partial charge in [-0.25, -0.2) is 8.42 Å². The number of ether oxygens (including phenoxy) is 2. The number of alkyl halides is 3. The number of sulfonamides is 1. The van der Waals surface area contributed by atoms with Gasteiger partial charge in [-0.05, 0) is 54.6 Å². The molecule has 0 spiro atoms. The fraction of sp³-hybridized carbons (Fsp3) is 0.136. The minimum Gasteiger partial charge on any atom is -0.486 e. The lowest BCUT2D eigenvalue weighted by atomic mass is 10.1. The van der Waals surface area contributed by atoms with Gasteiger partial charge in [0.2, 0.25) is 0 Å². The van der Waals surface area contributed by atoms with E-state index in [4.69, 9.17) is 9.47 Å². The normalized spacial score (nSPS) is 13.3. The van der Waals surface area contributed by atoms with Crippen LogP contribution in [0.3, 0.4) is 0 Å². The Kier molecular flexibility index (Phi) is 5.90. The molecule has 0 saturated heterocycles. The van der Waals surface area contributed by atoms with Crippen LogP contribution in [0.1, 0.15) is 15.9 Å². The molecule has 2 N–H and O–H groups in total. The minimum atomic E-state index is -4.48. The fourth-order valence-corrected chi connectivity index (χ4v) is 4.14. The van der Waals surface area contributed by atoms with Gasteiger partial charge in [0.15, 0.2) is 11.5 Å². The van der Waals surface area contributed by atoms with Crippen molar-refractivity contribution >= 4 is 27.3 Å². The molecule has 11 heteroatoms. The molecule has 3 aromatic rings. The van der Waals surface area contributed by atoms with Crippen molar-refractivity contribution in [2.24, 2.45) is 0 Å². The Labute approximate surface area is 187 Å². The van der Waals surface area contributed by atoms with Gasteiger partial charge in [0.25, 0.3) is 15.9 Å². The Morgan fingerprint density at radius 2 is 1.55 bits per heavy atom. The van der Waals surface area contributed by atoms with Crippen LogP contribution in [0.15, 0.2) is 71.6 Å². The van der Waals surface area contributed by atoms with Crippen molar-refractivity contribution < 1.29 is 35.9 Å². The number of nitrogens with one attached hydrogen (secondary N) is 2. The number of anilines is 2. The van der Waals surface area contributed by atoms with Gasteiger partial charge < -0.3 is 14.8 Å². The van der Waals surface area contributed by atoms with Crippen molar-refractivity contribution in [3.63, 3.8) is 0 Å². The summed E-state index contributed by atoms with van der Waals surface area (Å²) in [4.78, 5) is 12.5. The predicted molar refractivity (Wildman–Crippen MR) is 114 cm³/mol. The number of fused-ring (bicyclic) bond motifs is 1. The molecule has 0 bridgehead atoms. The summed E-state index contributed by atoms with van der Waals surface area (Å²) >= 11 is 0. The van der Waals surface area contributed by atoms with Gasteiger partial charge in [0.05, 0.1) is 10.5 Å². The van der Waals surface area contributed by atoms with Crippen LogP contribution in [-0.4, -0.2) is 27.5 Å². The molecule has 3 aromatic carbocycles. The Morgan fingerprint density at radius 3 is 2.24 bits per heavy atom. The summed E-state index contributed by atoms with van der Waals surface area (Å²) < 4.78 is 76.8. The molecule has 0 atom stereocenters. The highest BCUT2D eigenvalue weighted by atomic mass is 32.2. The molecule has 1 aliphatic rings. The number of halogens is 3. The van der Waals surface area contributed by atoms with Crippen molar-refractivity contribution in [1.29, 1.82) is 0 Å². The van der Waals surface area contributed by atoms with Gasteiger partial charge in [-0.1, -0.05) is 6.07 Å². The topological polar surface area (TPSA) is 93.7 Å². The lowest BCUT2D eigenvalue weighted by molar-refractivity contribution is -0.137. The fourth-order valence-electron chi connectivity index (χ4n) is 3.07. The van der Waals surface area contributed by atoms with Crippen LogP contribution < -0.4 is 19.5 Å². The molecular formula is C22H17F3N2O5S. The largest absolute Gasteiger partial charge is 0.486 e. The SMILES string of the molecule is O=C(Nc1ccc(C(F)(F)F)cc1)c1cccc(NS(=O)(=O)c2ccc3c(c2)OCCO3)c1. The van der Waals surface area contributed by atoms with Crippen molar-refractivity contribution in [1.82, 2.24) is 0 Å². The first-order valence-corrected chi connectivity index (χ1v) is 11.1. The van der Waals surface area contributed by atoms with Gasteiger partial charge in [-0.2, -0.15) is 13.2 Å². The van der Waals surface area contributed by atoms with E-state index in [-0.39, 0.29) is 21.8 Å². The number of amides is 1. The van der Waals surface area contributed by atoms with E-state index >= 15 is 0 Å². The zero-order valence-corrected chi connectivity index (χ0v) is 17.7. The molecule has 1 amide bonds. The standard InChI is InChI=1S/C22H17F3N2O5S/c23-22(24,25)15-4-6-16(7-5-15)26-21(28)14-2-1-3-17(12-14)27-33(29,30)18-8-9-19-20(13-18)32-11-10-31-19/h1-9,12-13,27H,10-11H2,(H,26,28). The molecule has 7 nitrogen and oxygen atoms in total. The second-order valence-corrected chi connectivity index (χ2v) is 8.70. The van der Waals surface area contributed by atoms with Crippen LogP contribution in [-0.2, 0) is 16.2 Å². The summed E-state index contributed by atoms with van der Waals surface area (Å²) in [6.45, 7) is 0.679. The van der Waals surface area contributed by atoms with Gasteiger partial charge in [-0.3, -0.25) is 9.52 Å². The van der Waals surface area contributed by atoms with E-state index in [9.17, 15) is 26.4 Å². The molecule has 33 heavy (non-hydrogen) atoms. The highest BCUT2D eigenvalue weighted by Gasteiger charge is 2.30. The molecular weight excluding hydrogens is 461 g/mol. The average Bonchev–Trinajstić information content (AvgIpc) is 2.78. The zero-order chi connectivity index (χ0) is 23.6. The van der Waals surface area contributed by atoms with E-state index in [0.29, 0.717) is 24.7 Å². The third-order valence-electron chi connectivity index (χ3n) is 4.67. The predicted octanol–water partition coefficient (Wildman–Crippen LogP) is 4.53. The van der Waals surface area contributed by atoms with Crippen LogP contribution in [0, 0.1) is 0 Å². The van der Waals surface area contributed by atoms with Gasteiger partial charge in [0, 0.05) is 23.0 Å². The first-order chi connectivity index (χ1) is 15.6. The van der Waals surface area contributed by atoms with Crippen LogP contribution in [0.4, 0.5) is 24.5 Å². The Bertz CT molecular complexity index is 1290. The maximum atomic E-state index is 12.8. The summed E-state index contributed by atoms with van der Waals surface area (Å²) in [5, 5.41) is 2.48. The maximum absolute atomic E-state index is 12.8. The van der Waals surface area contributed by atoms with Crippen molar-refractivity contribution in [3.05, 3.63) is 77.9 Å². The molecule has 0 radical (unpaired) electrons. The number of hydrogen-bond acceptors (Lipinski definition) is 5. The highest BCUT2D eigenvalue weighted by molar-refractivity contribution is 7.92. The Hall–Kier alpha value is -3.73. The van der Waals surface area contributed by atoms with Gasteiger partial charge in [-0.15, -0.1) is 0 Å². The van der Waals surface area contributed by atoms with E-state index in [1.165, 1.54) is 42.5 Å². The van der Waals surface area contributed by atoms with Crippen LogP contribution in [0.2, 0.25) is 0 Å². The third-order valence-corrected chi connectivity index (χ3v) is 6.05. The smallest absolute Gasteiger partial charge is 0.416 e. The molecule has 0 saturated carbocycles. The van der Waals surface area contributed by atoms with Crippen molar-refractivity contribution in [2.45, 2.75) is 11.1 Å².